The minimum Gasteiger partial charge on any atom is -0.384 e. The first-order chi connectivity index (χ1) is 11.7. The molecule has 3 atom stereocenters. The van der Waals surface area contributed by atoms with Crippen molar-refractivity contribution in [3.8, 4) is 0 Å². The summed E-state index contributed by atoms with van der Waals surface area (Å²) in [6.45, 7) is 4.26. The molecule has 1 saturated heterocycles. The van der Waals surface area contributed by atoms with Crippen LogP contribution in [0.3, 0.4) is 0 Å². The maximum Gasteiger partial charge on any atom is 0.105 e. The highest BCUT2D eigenvalue weighted by atomic mass is 16.3. The number of fused-ring (bicyclic) bond motifs is 1. The molecule has 0 radical (unpaired) electrons. The molecule has 1 heterocycles. The minimum atomic E-state index is -0.538. The molecule has 0 aromatic heterocycles. The number of aryl methyl sites for hydroxylation is 1. The van der Waals surface area contributed by atoms with Crippen LogP contribution < -0.4 is 0 Å². The van der Waals surface area contributed by atoms with Crippen molar-refractivity contribution in [2.75, 3.05) is 6.54 Å². The average molecular weight is 321 g/mol. The molecule has 0 amide bonds. The molecular weight excluding hydrogens is 294 g/mol. The Kier molecular flexibility index (Phi) is 4.43. The van der Waals surface area contributed by atoms with E-state index < -0.39 is 6.10 Å². The fourth-order valence-corrected chi connectivity index (χ4v) is 4.75. The third-order valence-corrected chi connectivity index (χ3v) is 6.08. The van der Waals surface area contributed by atoms with Crippen LogP contribution in [0.5, 0.6) is 0 Å². The van der Waals surface area contributed by atoms with Gasteiger partial charge < -0.3 is 5.11 Å². The SMILES string of the molecule is Cc1ccccc1[C@H](O)c1ccccc1CN1CC[C@H]2CCC[C@H]21. The number of rotatable bonds is 4. The molecule has 2 aromatic rings. The number of likely N-dealkylation sites (tertiary alicyclic amines) is 1. The van der Waals surface area contributed by atoms with Crippen molar-refractivity contribution in [3.05, 3.63) is 70.8 Å². The first-order valence-electron chi connectivity index (χ1n) is 9.29. The highest BCUT2D eigenvalue weighted by Gasteiger charge is 2.37. The Bertz CT molecular complexity index is 711. The van der Waals surface area contributed by atoms with E-state index in [-0.39, 0.29) is 0 Å². The van der Waals surface area contributed by atoms with Crippen LogP contribution in [-0.2, 0) is 6.54 Å². The predicted molar refractivity (Wildman–Crippen MR) is 97.8 cm³/mol. The van der Waals surface area contributed by atoms with Crippen LogP contribution in [0.25, 0.3) is 0 Å². The van der Waals surface area contributed by atoms with Gasteiger partial charge in [0.1, 0.15) is 6.10 Å². The van der Waals surface area contributed by atoms with Crippen molar-refractivity contribution < 1.29 is 5.11 Å². The Morgan fingerprint density at radius 3 is 2.58 bits per heavy atom. The third-order valence-electron chi connectivity index (χ3n) is 6.08. The quantitative estimate of drug-likeness (QED) is 0.899. The van der Waals surface area contributed by atoms with Gasteiger partial charge in [0, 0.05) is 12.6 Å². The van der Waals surface area contributed by atoms with Gasteiger partial charge in [-0.25, -0.2) is 0 Å². The van der Waals surface area contributed by atoms with Crippen LogP contribution >= 0.6 is 0 Å². The lowest BCUT2D eigenvalue weighted by atomic mass is 9.93. The van der Waals surface area contributed by atoms with Gasteiger partial charge in [-0.05, 0) is 60.9 Å². The predicted octanol–water partition coefficient (Wildman–Crippen LogP) is 4.45. The molecular formula is C22H27NO. The Morgan fingerprint density at radius 2 is 1.75 bits per heavy atom. The van der Waals surface area contributed by atoms with E-state index in [0.717, 1.165) is 35.2 Å². The lowest BCUT2D eigenvalue weighted by Gasteiger charge is -2.26. The van der Waals surface area contributed by atoms with E-state index in [9.17, 15) is 5.11 Å². The van der Waals surface area contributed by atoms with Gasteiger partial charge in [0.2, 0.25) is 0 Å². The Balaban J connectivity index is 1.60. The van der Waals surface area contributed by atoms with Crippen molar-refractivity contribution in [1.82, 2.24) is 4.90 Å². The van der Waals surface area contributed by atoms with Gasteiger partial charge in [-0.1, -0.05) is 55.0 Å². The molecule has 2 aliphatic rings. The summed E-state index contributed by atoms with van der Waals surface area (Å²) >= 11 is 0. The smallest absolute Gasteiger partial charge is 0.105 e. The standard InChI is InChI=1S/C22H27NO/c1-16-7-2-4-10-19(16)22(24)20-11-5-3-8-18(20)15-23-14-13-17-9-6-12-21(17)23/h2-5,7-8,10-11,17,21-22,24H,6,9,12-15H2,1H3/t17-,21-,22+/m1/s1. The van der Waals surface area contributed by atoms with Crippen LogP contribution in [0, 0.1) is 12.8 Å². The van der Waals surface area contributed by atoms with E-state index in [1.165, 1.54) is 37.8 Å². The van der Waals surface area contributed by atoms with Gasteiger partial charge in [-0.3, -0.25) is 4.90 Å². The van der Waals surface area contributed by atoms with Crippen LogP contribution in [0.1, 0.15) is 54.0 Å². The molecule has 1 saturated carbocycles. The first-order valence-corrected chi connectivity index (χ1v) is 9.29. The van der Waals surface area contributed by atoms with Crippen molar-refractivity contribution in [1.29, 1.82) is 0 Å². The molecule has 1 aliphatic carbocycles. The maximum atomic E-state index is 11.0. The molecule has 2 heteroatoms. The first kappa shape index (κ1) is 15.9. The maximum absolute atomic E-state index is 11.0. The Labute approximate surface area is 145 Å². The molecule has 0 bridgehead atoms. The zero-order valence-corrected chi connectivity index (χ0v) is 14.5. The zero-order valence-electron chi connectivity index (χ0n) is 14.5. The van der Waals surface area contributed by atoms with Gasteiger partial charge in [0.15, 0.2) is 0 Å². The second-order valence-corrected chi connectivity index (χ2v) is 7.48. The average Bonchev–Trinajstić information content (AvgIpc) is 3.20. The van der Waals surface area contributed by atoms with E-state index in [2.05, 4.69) is 36.1 Å². The summed E-state index contributed by atoms with van der Waals surface area (Å²) in [5, 5.41) is 11.0. The number of hydrogen-bond donors (Lipinski definition) is 1. The zero-order chi connectivity index (χ0) is 16.5. The normalized spacial score (nSPS) is 24.9. The summed E-state index contributed by atoms with van der Waals surface area (Å²) in [6, 6.07) is 17.4. The largest absolute Gasteiger partial charge is 0.384 e. The van der Waals surface area contributed by atoms with Crippen molar-refractivity contribution in [2.45, 2.75) is 51.3 Å². The van der Waals surface area contributed by atoms with E-state index in [1.807, 2.05) is 24.3 Å². The Hall–Kier alpha value is -1.64. The molecule has 1 aliphatic heterocycles. The molecule has 0 spiro atoms. The molecule has 2 fully saturated rings. The summed E-state index contributed by atoms with van der Waals surface area (Å²) in [7, 11) is 0. The number of aliphatic hydroxyl groups excluding tert-OH is 1. The summed E-state index contributed by atoms with van der Waals surface area (Å²) < 4.78 is 0. The van der Waals surface area contributed by atoms with Gasteiger partial charge in [0.05, 0.1) is 0 Å². The Morgan fingerprint density at radius 1 is 1.00 bits per heavy atom. The molecule has 0 unspecified atom stereocenters. The van der Waals surface area contributed by atoms with Crippen molar-refractivity contribution in [3.63, 3.8) is 0 Å². The molecule has 2 nitrogen and oxygen atoms in total. The van der Waals surface area contributed by atoms with Gasteiger partial charge >= 0.3 is 0 Å². The lowest BCUT2D eigenvalue weighted by molar-refractivity contribution is 0.208. The van der Waals surface area contributed by atoms with Gasteiger partial charge in [-0.15, -0.1) is 0 Å². The van der Waals surface area contributed by atoms with Crippen LogP contribution in [0.4, 0.5) is 0 Å². The monoisotopic (exact) mass is 321 g/mol. The molecule has 4 rings (SSSR count). The fourth-order valence-electron chi connectivity index (χ4n) is 4.75. The van der Waals surface area contributed by atoms with E-state index in [4.69, 9.17) is 0 Å². The van der Waals surface area contributed by atoms with E-state index in [0.29, 0.717) is 0 Å². The second kappa shape index (κ2) is 6.70. The van der Waals surface area contributed by atoms with Crippen LogP contribution in [0.15, 0.2) is 48.5 Å². The van der Waals surface area contributed by atoms with Gasteiger partial charge in [0.25, 0.3) is 0 Å². The number of nitrogens with zero attached hydrogens (tertiary/aromatic N) is 1. The summed E-state index contributed by atoms with van der Waals surface area (Å²) in [6.07, 6.45) is 4.97. The number of aliphatic hydroxyl groups is 1. The summed E-state index contributed by atoms with van der Waals surface area (Å²) in [5.74, 6) is 0.915. The van der Waals surface area contributed by atoms with Crippen molar-refractivity contribution >= 4 is 0 Å². The lowest BCUT2D eigenvalue weighted by Crippen LogP contribution is -2.30. The summed E-state index contributed by atoms with van der Waals surface area (Å²) in [5.41, 5.74) is 4.51. The van der Waals surface area contributed by atoms with Crippen molar-refractivity contribution in [2.24, 2.45) is 5.92 Å². The van der Waals surface area contributed by atoms with Crippen LogP contribution in [-0.4, -0.2) is 22.6 Å². The minimum absolute atomic E-state index is 0.538. The molecule has 126 valence electrons. The molecule has 24 heavy (non-hydrogen) atoms. The van der Waals surface area contributed by atoms with E-state index in [1.54, 1.807) is 0 Å². The summed E-state index contributed by atoms with van der Waals surface area (Å²) in [4.78, 5) is 2.65. The highest BCUT2D eigenvalue weighted by molar-refractivity contribution is 5.39. The molecule has 1 N–H and O–H groups in total. The fraction of sp³-hybridized carbons (Fsp3) is 0.455. The topological polar surface area (TPSA) is 23.5 Å². The highest BCUT2D eigenvalue weighted by Crippen LogP contribution is 2.39. The second-order valence-electron chi connectivity index (χ2n) is 7.48. The number of hydrogen-bond acceptors (Lipinski definition) is 2. The number of benzene rings is 2. The van der Waals surface area contributed by atoms with E-state index >= 15 is 0 Å². The van der Waals surface area contributed by atoms with Crippen LogP contribution in [0.2, 0.25) is 0 Å². The van der Waals surface area contributed by atoms with Gasteiger partial charge in [-0.2, -0.15) is 0 Å². The third kappa shape index (κ3) is 2.89. The molecule has 2 aromatic carbocycles.